The summed E-state index contributed by atoms with van der Waals surface area (Å²) >= 11 is 0. The highest BCUT2D eigenvalue weighted by molar-refractivity contribution is 5.82. The number of rotatable bonds is 22. The maximum atomic E-state index is 10.3. The zero-order valence-corrected chi connectivity index (χ0v) is 22.2. The molecular formula is C24H42N6O9. The van der Waals surface area contributed by atoms with Crippen LogP contribution in [0.2, 0.25) is 0 Å². The Bertz CT molecular complexity index is 923. The molecule has 15 heteroatoms. The molecule has 1 saturated heterocycles. The topological polar surface area (TPSA) is 198 Å². The molecule has 2 aromatic rings. The highest BCUT2D eigenvalue weighted by Gasteiger charge is 2.44. The number of fused-ring (bicyclic) bond motifs is 1. The molecular weight excluding hydrogens is 516 g/mol. The van der Waals surface area contributed by atoms with Gasteiger partial charge in [-0.05, 0) is 19.4 Å². The first kappa shape index (κ1) is 31.5. The summed E-state index contributed by atoms with van der Waals surface area (Å²) in [4.78, 5) is 12.8. The van der Waals surface area contributed by atoms with Gasteiger partial charge in [0.1, 0.15) is 24.6 Å². The number of aliphatic hydroxyl groups is 3. The molecule has 0 saturated carbocycles. The largest absolute Gasteiger partial charge is 0.394 e. The molecule has 4 atom stereocenters. The predicted molar refractivity (Wildman–Crippen MR) is 139 cm³/mol. The van der Waals surface area contributed by atoms with Crippen LogP contribution >= 0.6 is 0 Å². The maximum Gasteiger partial charge on any atom is 0.167 e. The quantitative estimate of drug-likeness (QED) is 0.107. The number of nitrogens with two attached hydrogens (primary N) is 1. The molecule has 0 aliphatic carbocycles. The Morgan fingerprint density at radius 1 is 0.821 bits per heavy atom. The number of hydrogen-bond acceptors (Lipinski definition) is 14. The smallest absolute Gasteiger partial charge is 0.167 e. The molecule has 1 aliphatic rings. The van der Waals surface area contributed by atoms with Crippen molar-refractivity contribution >= 4 is 17.0 Å². The van der Waals surface area contributed by atoms with Crippen LogP contribution in [-0.2, 0) is 28.4 Å². The number of hydrogen-bond donors (Lipinski definition) is 5. The minimum absolute atomic E-state index is 0.407. The lowest BCUT2D eigenvalue weighted by Gasteiger charge is -2.16. The van der Waals surface area contributed by atoms with Gasteiger partial charge in [-0.1, -0.05) is 0 Å². The molecule has 0 aromatic carbocycles. The van der Waals surface area contributed by atoms with E-state index in [0.717, 1.165) is 12.8 Å². The number of anilines is 1. The first-order valence-corrected chi connectivity index (χ1v) is 13.3. The van der Waals surface area contributed by atoms with Gasteiger partial charge in [-0.2, -0.15) is 0 Å². The number of aromatic nitrogens is 4. The Labute approximate surface area is 227 Å². The Kier molecular flexibility index (Phi) is 14.8. The van der Waals surface area contributed by atoms with Crippen LogP contribution in [-0.4, -0.2) is 139 Å². The lowest BCUT2D eigenvalue weighted by atomic mass is 10.1. The minimum atomic E-state index is -1.22. The van der Waals surface area contributed by atoms with Gasteiger partial charge in [0.25, 0.3) is 0 Å². The first-order chi connectivity index (χ1) is 19.2. The number of aliphatic hydroxyl groups excluding tert-OH is 3. The van der Waals surface area contributed by atoms with Gasteiger partial charge < -0.3 is 54.8 Å². The van der Waals surface area contributed by atoms with Gasteiger partial charge in [-0.15, -0.1) is 0 Å². The van der Waals surface area contributed by atoms with Gasteiger partial charge in [0.05, 0.1) is 65.8 Å². The van der Waals surface area contributed by atoms with Gasteiger partial charge in [-0.3, -0.25) is 4.57 Å². The van der Waals surface area contributed by atoms with Crippen LogP contribution < -0.4 is 11.1 Å². The van der Waals surface area contributed by atoms with Crippen molar-refractivity contribution in [2.75, 3.05) is 91.1 Å². The SMILES string of the molecule is NCCCOCCOCCOCCOCCOCCCNc1ncnc2c1ncn2[C@@H]1O[C@H](CO)[C@@H](O)[C@H]1O. The van der Waals surface area contributed by atoms with Gasteiger partial charge in [0.15, 0.2) is 23.2 Å². The molecule has 0 amide bonds. The standard InChI is InChI=1S/C24H42N6O9/c25-3-1-5-34-7-9-36-11-13-38-14-12-37-10-8-35-6-2-4-26-22-19-23(28-16-27-22)30(17-29-19)24-21(33)20(32)18(15-31)39-24/h16-18,20-21,24,31-33H,1-15,25H2,(H,26,27,28)/t18-,20-,21-,24-/m1/s1. The number of nitrogens with zero attached hydrogens (tertiary/aromatic N) is 4. The van der Waals surface area contributed by atoms with E-state index in [1.54, 1.807) is 0 Å². The van der Waals surface area contributed by atoms with E-state index in [1.165, 1.54) is 17.2 Å². The fraction of sp³-hybridized carbons (Fsp3) is 0.792. The van der Waals surface area contributed by atoms with E-state index in [4.69, 9.17) is 34.2 Å². The molecule has 222 valence electrons. The van der Waals surface area contributed by atoms with Crippen LogP contribution in [0.5, 0.6) is 0 Å². The summed E-state index contributed by atoms with van der Waals surface area (Å²) < 4.78 is 34.4. The molecule has 6 N–H and O–H groups in total. The average molecular weight is 559 g/mol. The van der Waals surface area contributed by atoms with Gasteiger partial charge in [0.2, 0.25) is 0 Å². The van der Waals surface area contributed by atoms with Crippen molar-refractivity contribution in [3.05, 3.63) is 12.7 Å². The Balaban J connectivity index is 1.19. The van der Waals surface area contributed by atoms with Crippen LogP contribution in [0.3, 0.4) is 0 Å². The van der Waals surface area contributed by atoms with Crippen LogP contribution in [0, 0.1) is 0 Å². The Hall–Kier alpha value is -2.05. The van der Waals surface area contributed by atoms with Crippen LogP contribution in [0.4, 0.5) is 5.82 Å². The van der Waals surface area contributed by atoms with E-state index in [-0.39, 0.29) is 0 Å². The molecule has 0 radical (unpaired) electrons. The van der Waals surface area contributed by atoms with E-state index in [1.807, 2.05) is 0 Å². The van der Waals surface area contributed by atoms with E-state index in [0.29, 0.717) is 96.1 Å². The molecule has 0 spiro atoms. The van der Waals surface area contributed by atoms with Crippen molar-refractivity contribution in [2.45, 2.75) is 37.4 Å². The van der Waals surface area contributed by atoms with Crippen LogP contribution in [0.15, 0.2) is 12.7 Å². The third kappa shape index (κ3) is 10.1. The van der Waals surface area contributed by atoms with Crippen molar-refractivity contribution in [3.63, 3.8) is 0 Å². The van der Waals surface area contributed by atoms with E-state index < -0.39 is 31.1 Å². The Morgan fingerprint density at radius 3 is 1.97 bits per heavy atom. The summed E-state index contributed by atoms with van der Waals surface area (Å²) in [6.45, 7) is 6.15. The monoisotopic (exact) mass is 558 g/mol. The second-order valence-corrected chi connectivity index (χ2v) is 8.76. The molecule has 3 heterocycles. The summed E-state index contributed by atoms with van der Waals surface area (Å²) in [6.07, 6.45) is 0.231. The lowest BCUT2D eigenvalue weighted by Crippen LogP contribution is -2.33. The number of nitrogens with one attached hydrogen (secondary N) is 1. The van der Waals surface area contributed by atoms with Gasteiger partial charge in [-0.25, -0.2) is 15.0 Å². The van der Waals surface area contributed by atoms with Crippen molar-refractivity contribution in [2.24, 2.45) is 5.73 Å². The molecule has 0 unspecified atom stereocenters. The van der Waals surface area contributed by atoms with E-state index in [2.05, 4.69) is 20.3 Å². The highest BCUT2D eigenvalue weighted by atomic mass is 16.6. The lowest BCUT2D eigenvalue weighted by molar-refractivity contribution is -0.0511. The molecule has 0 bridgehead atoms. The molecule has 1 aliphatic heterocycles. The third-order valence-corrected chi connectivity index (χ3v) is 5.89. The maximum absolute atomic E-state index is 10.3. The average Bonchev–Trinajstić information content (AvgIpc) is 3.50. The molecule has 1 fully saturated rings. The first-order valence-electron chi connectivity index (χ1n) is 13.3. The third-order valence-electron chi connectivity index (χ3n) is 5.89. The normalized spacial score (nSPS) is 21.2. The van der Waals surface area contributed by atoms with Crippen LogP contribution in [0.1, 0.15) is 19.1 Å². The summed E-state index contributed by atoms with van der Waals surface area (Å²) in [7, 11) is 0. The molecule has 2 aromatic heterocycles. The fourth-order valence-electron chi connectivity index (χ4n) is 3.83. The zero-order valence-electron chi connectivity index (χ0n) is 22.2. The van der Waals surface area contributed by atoms with Crippen LogP contribution in [0.25, 0.3) is 11.2 Å². The summed E-state index contributed by atoms with van der Waals surface area (Å²) in [5.41, 5.74) is 6.33. The molecule has 3 rings (SSSR count). The number of ether oxygens (including phenoxy) is 6. The summed E-state index contributed by atoms with van der Waals surface area (Å²) in [5.74, 6) is 0.537. The number of imidazole rings is 1. The second-order valence-electron chi connectivity index (χ2n) is 8.76. The second kappa shape index (κ2) is 18.3. The minimum Gasteiger partial charge on any atom is -0.394 e. The molecule has 15 nitrogen and oxygen atoms in total. The van der Waals surface area contributed by atoms with Gasteiger partial charge >= 0.3 is 0 Å². The fourth-order valence-corrected chi connectivity index (χ4v) is 3.83. The Morgan fingerprint density at radius 2 is 1.41 bits per heavy atom. The van der Waals surface area contributed by atoms with Crippen molar-refractivity contribution in [1.29, 1.82) is 0 Å². The van der Waals surface area contributed by atoms with E-state index >= 15 is 0 Å². The van der Waals surface area contributed by atoms with E-state index in [9.17, 15) is 15.3 Å². The van der Waals surface area contributed by atoms with Gasteiger partial charge in [0, 0.05) is 19.8 Å². The van der Waals surface area contributed by atoms with Crippen molar-refractivity contribution in [1.82, 2.24) is 19.5 Å². The molecule has 39 heavy (non-hydrogen) atoms. The van der Waals surface area contributed by atoms with Crippen molar-refractivity contribution < 1.29 is 43.7 Å². The summed E-state index contributed by atoms with van der Waals surface area (Å²) in [5, 5.41) is 32.9. The van der Waals surface area contributed by atoms with Crippen molar-refractivity contribution in [3.8, 4) is 0 Å². The summed E-state index contributed by atoms with van der Waals surface area (Å²) in [6, 6.07) is 0. The zero-order chi connectivity index (χ0) is 27.7. The highest BCUT2D eigenvalue weighted by Crippen LogP contribution is 2.32. The predicted octanol–water partition coefficient (Wildman–Crippen LogP) is -1.33.